The first-order valence-electron chi connectivity index (χ1n) is 7.16. The van der Waals surface area contributed by atoms with Crippen molar-refractivity contribution in [2.75, 3.05) is 0 Å². The van der Waals surface area contributed by atoms with Gasteiger partial charge in [0, 0.05) is 21.8 Å². The van der Waals surface area contributed by atoms with E-state index in [1.165, 1.54) is 0 Å². The maximum Gasteiger partial charge on any atom is 0.177 e. The van der Waals surface area contributed by atoms with Crippen molar-refractivity contribution in [2.45, 2.75) is 10.5 Å². The smallest absolute Gasteiger partial charge is 0.177 e. The van der Waals surface area contributed by atoms with E-state index in [1.807, 2.05) is 71.5 Å². The second-order valence-corrected chi connectivity index (χ2v) is 7.55. The lowest BCUT2D eigenvalue weighted by Gasteiger charge is -2.09. The maximum absolute atomic E-state index is 12.5. The molecular formula is C18H14BrIN2O. The van der Waals surface area contributed by atoms with Crippen molar-refractivity contribution < 1.29 is 4.79 Å². The molecule has 0 amide bonds. The second-order valence-electron chi connectivity index (χ2n) is 5.13. The molecule has 3 rings (SSSR count). The molecule has 0 saturated carbocycles. The number of ketones is 1. The average molecular weight is 481 g/mol. The molecule has 1 heterocycles. The quantitative estimate of drug-likeness (QED) is 0.292. The summed E-state index contributed by atoms with van der Waals surface area (Å²) in [6, 6.07) is 19.5. The predicted molar refractivity (Wildman–Crippen MR) is 104 cm³/mol. The van der Waals surface area contributed by atoms with Gasteiger partial charge in [0.05, 0.1) is 16.2 Å². The highest BCUT2D eigenvalue weighted by Crippen LogP contribution is 2.19. The summed E-state index contributed by atoms with van der Waals surface area (Å²) in [5, 5.41) is 4.56. The van der Waals surface area contributed by atoms with E-state index in [1.54, 1.807) is 0 Å². The Balaban J connectivity index is 1.71. The van der Waals surface area contributed by atoms with Crippen molar-refractivity contribution in [3.8, 4) is 11.3 Å². The summed E-state index contributed by atoms with van der Waals surface area (Å²) in [4.78, 5) is 12.5. The van der Waals surface area contributed by atoms with Crippen LogP contribution in [0.2, 0.25) is 0 Å². The molecule has 1 unspecified atom stereocenters. The zero-order valence-electron chi connectivity index (χ0n) is 12.2. The Bertz CT molecular complexity index is 799. The Hall–Kier alpha value is -1.47. The summed E-state index contributed by atoms with van der Waals surface area (Å²) in [6.07, 6.45) is 1.92. The van der Waals surface area contributed by atoms with Crippen LogP contribution in [0.1, 0.15) is 10.4 Å². The van der Waals surface area contributed by atoms with Gasteiger partial charge in [0.1, 0.15) is 0 Å². The Labute approximate surface area is 157 Å². The van der Waals surface area contributed by atoms with E-state index in [-0.39, 0.29) is 9.71 Å². The third-order valence-electron chi connectivity index (χ3n) is 3.47. The van der Waals surface area contributed by atoms with Crippen molar-refractivity contribution in [3.63, 3.8) is 0 Å². The molecule has 0 radical (unpaired) electrons. The van der Waals surface area contributed by atoms with Crippen LogP contribution in [-0.2, 0) is 6.54 Å². The molecule has 5 heteroatoms. The molecule has 1 atom stereocenters. The molecule has 0 bridgehead atoms. The summed E-state index contributed by atoms with van der Waals surface area (Å²) in [6.45, 7) is 0.558. The van der Waals surface area contributed by atoms with Crippen LogP contribution >= 0.6 is 38.5 Å². The maximum atomic E-state index is 12.5. The molecule has 116 valence electrons. The monoisotopic (exact) mass is 480 g/mol. The first-order valence-corrected chi connectivity index (χ1v) is 9.20. The number of carbonyl (C=O) groups excluding carboxylic acids is 1. The average Bonchev–Trinajstić information content (AvgIpc) is 3.04. The number of hydrogen-bond donors (Lipinski definition) is 0. The summed E-state index contributed by atoms with van der Waals surface area (Å²) >= 11 is 5.57. The van der Waals surface area contributed by atoms with Gasteiger partial charge in [-0.15, -0.1) is 0 Å². The molecule has 2 aromatic carbocycles. The third kappa shape index (κ3) is 4.09. The number of nitrogens with zero attached hydrogens (tertiary/aromatic N) is 2. The van der Waals surface area contributed by atoms with Crippen LogP contribution in [0, 0.1) is 0 Å². The molecule has 1 aromatic heterocycles. The molecule has 0 saturated heterocycles. The van der Waals surface area contributed by atoms with E-state index in [4.69, 9.17) is 0 Å². The van der Waals surface area contributed by atoms with Crippen molar-refractivity contribution in [1.29, 1.82) is 0 Å². The summed E-state index contributed by atoms with van der Waals surface area (Å²) < 4.78 is 2.65. The largest absolute Gasteiger partial charge is 0.293 e. The van der Waals surface area contributed by atoms with Gasteiger partial charge in [-0.1, -0.05) is 81.0 Å². The van der Waals surface area contributed by atoms with Crippen LogP contribution in [0.25, 0.3) is 11.3 Å². The lowest BCUT2D eigenvalue weighted by molar-refractivity contribution is 0.0988. The van der Waals surface area contributed by atoms with Crippen LogP contribution in [0.4, 0.5) is 0 Å². The van der Waals surface area contributed by atoms with Crippen LogP contribution < -0.4 is 0 Å². The van der Waals surface area contributed by atoms with E-state index >= 15 is 0 Å². The van der Waals surface area contributed by atoms with Gasteiger partial charge in [-0.3, -0.25) is 9.48 Å². The van der Waals surface area contributed by atoms with Crippen LogP contribution in [0.15, 0.2) is 71.3 Å². The number of Topliss-reactive ketones (excluding diaryl/α,β-unsaturated/α-hetero) is 1. The Morgan fingerprint density at radius 1 is 1.09 bits per heavy atom. The topological polar surface area (TPSA) is 34.9 Å². The number of aromatic nitrogens is 2. The molecule has 3 nitrogen and oxygen atoms in total. The molecule has 0 fully saturated rings. The minimum atomic E-state index is -0.155. The fourth-order valence-corrected chi connectivity index (χ4v) is 3.30. The zero-order valence-corrected chi connectivity index (χ0v) is 15.9. The minimum absolute atomic E-state index is 0.120. The lowest BCUT2D eigenvalue weighted by atomic mass is 10.1. The van der Waals surface area contributed by atoms with Gasteiger partial charge in [0.15, 0.2) is 5.78 Å². The first-order chi connectivity index (χ1) is 11.1. The van der Waals surface area contributed by atoms with E-state index in [0.717, 1.165) is 21.3 Å². The number of benzene rings is 2. The van der Waals surface area contributed by atoms with Gasteiger partial charge >= 0.3 is 0 Å². The molecular weight excluding hydrogens is 467 g/mol. The van der Waals surface area contributed by atoms with Crippen molar-refractivity contribution >= 4 is 44.3 Å². The van der Waals surface area contributed by atoms with Crippen LogP contribution in [-0.4, -0.2) is 19.5 Å². The molecule has 0 aliphatic carbocycles. The third-order valence-corrected chi connectivity index (χ3v) is 4.96. The van der Waals surface area contributed by atoms with Gasteiger partial charge in [0.2, 0.25) is 0 Å². The molecule has 0 aliphatic rings. The number of rotatable bonds is 5. The van der Waals surface area contributed by atoms with Gasteiger partial charge < -0.3 is 0 Å². The van der Waals surface area contributed by atoms with Crippen LogP contribution in [0.5, 0.6) is 0 Å². The fourth-order valence-electron chi connectivity index (χ4n) is 2.27. The highest BCUT2D eigenvalue weighted by atomic mass is 127. The fraction of sp³-hybridized carbons (Fsp3) is 0.111. The van der Waals surface area contributed by atoms with Gasteiger partial charge in [-0.05, 0) is 18.2 Å². The summed E-state index contributed by atoms with van der Waals surface area (Å²) in [5.74, 6) is 0.120. The zero-order chi connectivity index (χ0) is 16.2. The predicted octanol–water partition coefficient (Wildman–Crippen LogP) is 5.00. The van der Waals surface area contributed by atoms with Crippen molar-refractivity contribution in [3.05, 3.63) is 76.9 Å². The minimum Gasteiger partial charge on any atom is -0.293 e. The summed E-state index contributed by atoms with van der Waals surface area (Å²) in [7, 11) is 0. The number of hydrogen-bond acceptors (Lipinski definition) is 2. The Kier molecular flexibility index (Phi) is 5.27. The van der Waals surface area contributed by atoms with E-state index in [9.17, 15) is 4.79 Å². The highest BCUT2D eigenvalue weighted by Gasteiger charge is 2.18. The van der Waals surface area contributed by atoms with Crippen LogP contribution in [0.3, 0.4) is 0 Å². The first kappa shape index (κ1) is 16.4. The SMILES string of the molecule is O=C(c1ccc(Br)cc1)C(I)Cn1ccc(-c2ccccc2)n1. The standard InChI is InChI=1S/C18H14BrIN2O/c19-15-8-6-14(7-9-15)18(23)16(20)12-22-11-10-17(21-22)13-4-2-1-3-5-13/h1-11,16H,12H2. The van der Waals surface area contributed by atoms with Crippen molar-refractivity contribution in [2.24, 2.45) is 0 Å². The Morgan fingerprint density at radius 2 is 1.78 bits per heavy atom. The van der Waals surface area contributed by atoms with Gasteiger partial charge in [-0.25, -0.2) is 0 Å². The van der Waals surface area contributed by atoms with E-state index < -0.39 is 0 Å². The molecule has 23 heavy (non-hydrogen) atoms. The molecule has 0 aliphatic heterocycles. The Morgan fingerprint density at radius 3 is 2.48 bits per heavy atom. The molecule has 3 aromatic rings. The number of carbonyl (C=O) groups is 1. The molecule has 0 spiro atoms. The number of halogens is 2. The van der Waals surface area contributed by atoms with Crippen molar-refractivity contribution in [1.82, 2.24) is 9.78 Å². The van der Waals surface area contributed by atoms with Gasteiger partial charge in [-0.2, -0.15) is 5.10 Å². The molecule has 0 N–H and O–H groups in total. The van der Waals surface area contributed by atoms with E-state index in [0.29, 0.717) is 6.54 Å². The normalized spacial score (nSPS) is 12.1. The van der Waals surface area contributed by atoms with E-state index in [2.05, 4.69) is 43.6 Å². The van der Waals surface area contributed by atoms with Gasteiger partial charge in [0.25, 0.3) is 0 Å². The second kappa shape index (κ2) is 7.40. The highest BCUT2D eigenvalue weighted by molar-refractivity contribution is 14.1. The summed E-state index contributed by atoms with van der Waals surface area (Å²) in [5.41, 5.74) is 2.73. The lowest BCUT2D eigenvalue weighted by Crippen LogP contribution is -2.20. The number of alkyl halides is 1.